The van der Waals surface area contributed by atoms with Crippen molar-refractivity contribution in [3.63, 3.8) is 0 Å². The Morgan fingerprint density at radius 1 is 1.35 bits per heavy atom. The van der Waals surface area contributed by atoms with Gasteiger partial charge in [-0.05, 0) is 13.3 Å². The maximum Gasteiger partial charge on any atom is 0.184 e. The zero-order chi connectivity index (χ0) is 16.4. The van der Waals surface area contributed by atoms with Crippen LogP contribution in [0.15, 0.2) is 43.0 Å². The van der Waals surface area contributed by atoms with Crippen LogP contribution in [0.25, 0.3) is 0 Å². The van der Waals surface area contributed by atoms with Gasteiger partial charge in [-0.3, -0.25) is 0 Å². The lowest BCUT2D eigenvalue weighted by molar-refractivity contribution is -0.332. The number of benzene rings is 1. The van der Waals surface area contributed by atoms with E-state index in [2.05, 4.69) is 6.58 Å². The summed E-state index contributed by atoms with van der Waals surface area (Å²) in [6.07, 6.45) is -0.249. The van der Waals surface area contributed by atoms with Crippen molar-refractivity contribution in [1.82, 2.24) is 0 Å². The van der Waals surface area contributed by atoms with Crippen LogP contribution < -0.4 is 0 Å². The van der Waals surface area contributed by atoms with Crippen molar-refractivity contribution < 1.29 is 24.4 Å². The van der Waals surface area contributed by atoms with Crippen molar-refractivity contribution in [1.29, 1.82) is 0 Å². The number of aliphatic hydroxyl groups is 2. The summed E-state index contributed by atoms with van der Waals surface area (Å²) >= 11 is 0. The summed E-state index contributed by atoms with van der Waals surface area (Å²) in [5, 5.41) is 20.8. The lowest BCUT2D eigenvalue weighted by atomic mass is 9.82. The third-order valence-electron chi connectivity index (χ3n) is 4.77. The van der Waals surface area contributed by atoms with Gasteiger partial charge in [-0.25, -0.2) is 0 Å². The van der Waals surface area contributed by atoms with Gasteiger partial charge < -0.3 is 24.4 Å². The van der Waals surface area contributed by atoms with Crippen molar-refractivity contribution in [2.24, 2.45) is 0 Å². The van der Waals surface area contributed by atoms with Gasteiger partial charge in [-0.2, -0.15) is 0 Å². The summed E-state index contributed by atoms with van der Waals surface area (Å²) in [4.78, 5) is 0. The number of aliphatic hydroxyl groups excluding tert-OH is 2. The predicted molar refractivity (Wildman–Crippen MR) is 84.7 cm³/mol. The van der Waals surface area contributed by atoms with Crippen molar-refractivity contribution in [3.05, 3.63) is 48.6 Å². The molecule has 5 heteroatoms. The molecule has 1 aromatic rings. The topological polar surface area (TPSA) is 68.2 Å². The fourth-order valence-corrected chi connectivity index (χ4v) is 3.23. The Morgan fingerprint density at radius 3 is 2.78 bits per heavy atom. The minimum atomic E-state index is -1.04. The first-order chi connectivity index (χ1) is 11.0. The van der Waals surface area contributed by atoms with Crippen LogP contribution in [0.5, 0.6) is 0 Å². The number of ether oxygens (including phenoxy) is 3. The molecule has 0 aromatic heterocycles. The Kier molecular flexibility index (Phi) is 4.85. The van der Waals surface area contributed by atoms with Crippen LogP contribution >= 0.6 is 0 Å². The molecule has 0 unspecified atom stereocenters. The standard InChI is InChI=1S/C18H24O5/c1-3-7-15(19)18(2)16(20)10-13-14(23-18)11-21-17(22-13)12-8-5-4-6-9-12/h3-6,8-9,13-17,19-20H,1,7,10-11H2,2H3/t13-,14+,15-,16+,17+,18-/m0/s1. The lowest BCUT2D eigenvalue weighted by Gasteiger charge is -2.50. The van der Waals surface area contributed by atoms with E-state index in [4.69, 9.17) is 14.2 Å². The molecular weight excluding hydrogens is 296 g/mol. The van der Waals surface area contributed by atoms with Gasteiger partial charge in [-0.1, -0.05) is 36.4 Å². The second-order valence-corrected chi connectivity index (χ2v) is 6.38. The summed E-state index contributed by atoms with van der Waals surface area (Å²) in [5.74, 6) is 0. The Morgan fingerprint density at radius 2 is 2.09 bits per heavy atom. The minimum absolute atomic E-state index is 0.257. The Labute approximate surface area is 136 Å². The molecule has 23 heavy (non-hydrogen) atoms. The van der Waals surface area contributed by atoms with E-state index in [1.165, 1.54) is 0 Å². The molecule has 2 saturated heterocycles. The third-order valence-corrected chi connectivity index (χ3v) is 4.77. The molecule has 2 N–H and O–H groups in total. The summed E-state index contributed by atoms with van der Waals surface area (Å²) in [6.45, 7) is 5.73. The highest BCUT2D eigenvalue weighted by molar-refractivity contribution is 5.16. The summed E-state index contributed by atoms with van der Waals surface area (Å²) in [7, 11) is 0. The zero-order valence-corrected chi connectivity index (χ0v) is 13.3. The minimum Gasteiger partial charge on any atom is -0.390 e. The van der Waals surface area contributed by atoms with Gasteiger partial charge >= 0.3 is 0 Å². The van der Waals surface area contributed by atoms with Crippen LogP contribution in [-0.4, -0.2) is 46.8 Å². The Bertz CT molecular complexity index is 533. The molecule has 2 aliphatic heterocycles. The van der Waals surface area contributed by atoms with E-state index < -0.39 is 24.1 Å². The number of hydrogen-bond donors (Lipinski definition) is 2. The highest BCUT2D eigenvalue weighted by Gasteiger charge is 2.51. The first-order valence-electron chi connectivity index (χ1n) is 8.01. The van der Waals surface area contributed by atoms with Crippen LogP contribution in [0.1, 0.15) is 31.6 Å². The van der Waals surface area contributed by atoms with Gasteiger partial charge in [0.1, 0.15) is 11.7 Å². The van der Waals surface area contributed by atoms with E-state index in [9.17, 15) is 10.2 Å². The van der Waals surface area contributed by atoms with E-state index >= 15 is 0 Å². The molecule has 2 fully saturated rings. The second kappa shape index (κ2) is 6.71. The maximum atomic E-state index is 10.5. The normalized spacial score (nSPS) is 38.6. The number of rotatable bonds is 4. The highest BCUT2D eigenvalue weighted by atomic mass is 16.7. The molecule has 126 valence electrons. The van der Waals surface area contributed by atoms with E-state index in [1.807, 2.05) is 30.3 Å². The van der Waals surface area contributed by atoms with E-state index in [1.54, 1.807) is 13.0 Å². The largest absolute Gasteiger partial charge is 0.390 e. The Hall–Kier alpha value is -1.24. The van der Waals surface area contributed by atoms with Crippen LogP contribution in [0.2, 0.25) is 0 Å². The van der Waals surface area contributed by atoms with Gasteiger partial charge in [-0.15, -0.1) is 6.58 Å². The zero-order valence-electron chi connectivity index (χ0n) is 13.3. The molecule has 0 spiro atoms. The monoisotopic (exact) mass is 320 g/mol. The molecule has 0 aliphatic carbocycles. The summed E-state index contributed by atoms with van der Waals surface area (Å²) < 4.78 is 17.7. The van der Waals surface area contributed by atoms with Crippen molar-refractivity contribution in [2.45, 2.75) is 56.1 Å². The van der Waals surface area contributed by atoms with Crippen LogP contribution in [0.3, 0.4) is 0 Å². The third kappa shape index (κ3) is 3.20. The average molecular weight is 320 g/mol. The fourth-order valence-electron chi connectivity index (χ4n) is 3.23. The predicted octanol–water partition coefficient (Wildman–Crippen LogP) is 1.95. The van der Waals surface area contributed by atoms with Crippen molar-refractivity contribution in [2.75, 3.05) is 6.61 Å². The van der Waals surface area contributed by atoms with Crippen LogP contribution in [0.4, 0.5) is 0 Å². The smallest absolute Gasteiger partial charge is 0.184 e. The quantitative estimate of drug-likeness (QED) is 0.830. The first-order valence-corrected chi connectivity index (χ1v) is 8.01. The molecule has 5 nitrogen and oxygen atoms in total. The summed E-state index contributed by atoms with van der Waals surface area (Å²) in [5.41, 5.74) is -0.0951. The van der Waals surface area contributed by atoms with Gasteiger partial charge in [0.15, 0.2) is 6.29 Å². The van der Waals surface area contributed by atoms with Gasteiger partial charge in [0.05, 0.1) is 24.9 Å². The second-order valence-electron chi connectivity index (χ2n) is 6.38. The molecule has 1 aromatic carbocycles. The van der Waals surface area contributed by atoms with Gasteiger partial charge in [0.25, 0.3) is 0 Å². The average Bonchev–Trinajstić information content (AvgIpc) is 2.56. The number of hydrogen-bond acceptors (Lipinski definition) is 5. The van der Waals surface area contributed by atoms with E-state index in [0.29, 0.717) is 19.4 Å². The lowest BCUT2D eigenvalue weighted by Crippen LogP contribution is -2.63. The van der Waals surface area contributed by atoms with Crippen molar-refractivity contribution in [3.8, 4) is 0 Å². The maximum absolute atomic E-state index is 10.5. The van der Waals surface area contributed by atoms with Crippen molar-refractivity contribution >= 4 is 0 Å². The molecule has 0 saturated carbocycles. The van der Waals surface area contributed by atoms with Crippen LogP contribution in [-0.2, 0) is 14.2 Å². The molecule has 3 rings (SSSR count). The van der Waals surface area contributed by atoms with E-state index in [0.717, 1.165) is 5.56 Å². The Balaban J connectivity index is 1.70. The number of fused-ring (bicyclic) bond motifs is 1. The molecular formula is C18H24O5. The first kappa shape index (κ1) is 16.6. The SMILES string of the molecule is C=CC[C@H](O)[C@]1(C)O[C@@H]2CO[C@@H](c3ccccc3)O[C@H]2C[C@H]1O. The van der Waals surface area contributed by atoms with Crippen LogP contribution in [0, 0.1) is 0 Å². The molecule has 0 amide bonds. The molecule has 0 radical (unpaired) electrons. The van der Waals surface area contributed by atoms with E-state index in [-0.39, 0.29) is 12.2 Å². The van der Waals surface area contributed by atoms with Gasteiger partial charge in [0, 0.05) is 12.0 Å². The molecule has 2 heterocycles. The fraction of sp³-hybridized carbons (Fsp3) is 0.556. The van der Waals surface area contributed by atoms with Gasteiger partial charge in [0.2, 0.25) is 0 Å². The highest BCUT2D eigenvalue weighted by Crippen LogP contribution is 2.39. The molecule has 0 bridgehead atoms. The summed E-state index contributed by atoms with van der Waals surface area (Å²) in [6, 6.07) is 9.70. The molecule has 2 aliphatic rings. The molecule has 6 atom stereocenters.